The van der Waals surface area contributed by atoms with Crippen LogP contribution in [0.15, 0.2) is 109 Å². The number of aliphatic carboxylic acids is 1. The van der Waals surface area contributed by atoms with Crippen molar-refractivity contribution in [2.75, 3.05) is 25.7 Å². The number of benzene rings is 6. The van der Waals surface area contributed by atoms with Gasteiger partial charge in [-0.2, -0.15) is 11.8 Å². The molecule has 34 heteroatoms. The number of likely N-dealkylation sites (N-methyl/N-ethyl adjacent to an activating group) is 1. The summed E-state index contributed by atoms with van der Waals surface area (Å²) in [5, 5.41) is 140. The molecule has 0 aliphatic carbocycles. The molecule has 6 aromatic carbocycles. The van der Waals surface area contributed by atoms with E-state index >= 15 is 24.0 Å². The van der Waals surface area contributed by atoms with Gasteiger partial charge in [-0.05, 0) is 133 Å². The van der Waals surface area contributed by atoms with Crippen LogP contribution in [-0.4, -0.2) is 203 Å². The highest BCUT2D eigenvalue weighted by molar-refractivity contribution is 7.98. The SMILES string of the molecule is CNC(Cc1ccc(O)cc1)C(=O)NC1C(=O)NC(CCSC)C(=O)NC2C(=O)NC3C(=O)NC(C(=O)NC(C(=O)O)c4cc(O)cc(O)c4-c4cc3ccc4O)C(OC3CC(N)C(O)C(C)O3)c3ccc(c(Cl)c3)Oc3cc2cc(c3OC2OC(CO)C(O)C(O)C2O)Oc2ccc(cc2)C1O. The van der Waals surface area contributed by atoms with Crippen LogP contribution in [0.1, 0.15) is 83.5 Å². The normalized spacial score (nSPS) is 28.3. The molecule has 7 heterocycles. The van der Waals surface area contributed by atoms with Gasteiger partial charge in [0.15, 0.2) is 23.8 Å². The molecule has 20 N–H and O–H groups in total. The van der Waals surface area contributed by atoms with E-state index in [0.717, 1.165) is 42.5 Å². The van der Waals surface area contributed by atoms with Crippen LogP contribution in [0.5, 0.6) is 51.7 Å². The number of phenolic OH excluding ortho intramolecular Hbond substituents is 4. The minimum absolute atomic E-state index is 0.00663. The number of carboxylic acid groups (broad SMARTS) is 1. The number of phenols is 4. The van der Waals surface area contributed by atoms with E-state index in [2.05, 4.69) is 37.2 Å². The molecule has 18 unspecified atom stereocenters. The molecule has 0 spiro atoms. The highest BCUT2D eigenvalue weighted by Gasteiger charge is 2.48. The van der Waals surface area contributed by atoms with Crippen LogP contribution < -0.4 is 57.2 Å². The monoisotopic (exact) mass is 1470 g/mol. The summed E-state index contributed by atoms with van der Waals surface area (Å²) in [6.45, 7) is 0.548. The van der Waals surface area contributed by atoms with Crippen molar-refractivity contribution < 1.29 is 118 Å². The molecular weight excluding hydrogens is 1390 g/mol. The fourth-order valence-electron chi connectivity index (χ4n) is 12.6. The third-order valence-corrected chi connectivity index (χ3v) is 19.2. The first-order valence-corrected chi connectivity index (χ1v) is 34.1. The maximum atomic E-state index is 16.2. The number of halogens is 1. The zero-order valence-electron chi connectivity index (χ0n) is 54.9. The average molecular weight is 1470 g/mol. The van der Waals surface area contributed by atoms with Crippen LogP contribution in [0.2, 0.25) is 5.02 Å². The molecule has 18 atom stereocenters. The fraction of sp³-hybridized carbons (Fsp3) is 0.377. The number of hydrogen-bond acceptors (Lipinski definition) is 26. The smallest absolute Gasteiger partial charge is 0.330 e. The molecule has 2 fully saturated rings. The molecular formula is C69H75ClN8O24S. The van der Waals surface area contributed by atoms with Gasteiger partial charge in [-0.1, -0.05) is 48.0 Å². The van der Waals surface area contributed by atoms with Gasteiger partial charge < -0.3 is 128 Å². The second-order valence-electron chi connectivity index (χ2n) is 25.2. The molecule has 11 bridgehead atoms. The number of carbonyl (C=O) groups excluding carboxylic acids is 6. The number of rotatable bonds is 14. The molecule has 2 saturated heterocycles. The zero-order valence-corrected chi connectivity index (χ0v) is 56.5. The van der Waals surface area contributed by atoms with Crippen LogP contribution in [-0.2, 0) is 54.2 Å². The lowest BCUT2D eigenvalue weighted by molar-refractivity contribution is -0.277. The average Bonchev–Trinajstić information content (AvgIpc) is 0.765. The lowest BCUT2D eigenvalue weighted by Gasteiger charge is -2.40. The lowest BCUT2D eigenvalue weighted by atomic mass is 9.89. The number of thioether (sulfide) groups is 1. The van der Waals surface area contributed by atoms with Gasteiger partial charge >= 0.3 is 5.97 Å². The predicted octanol–water partition coefficient (Wildman–Crippen LogP) is 0.843. The van der Waals surface area contributed by atoms with E-state index in [9.17, 15) is 65.8 Å². The Labute approximate surface area is 595 Å². The lowest BCUT2D eigenvalue weighted by Crippen LogP contribution is -2.60. The van der Waals surface area contributed by atoms with E-state index < -0.39 is 209 Å². The van der Waals surface area contributed by atoms with Gasteiger partial charge in [-0.15, -0.1) is 0 Å². The molecule has 548 valence electrons. The number of amides is 6. The van der Waals surface area contributed by atoms with Crippen molar-refractivity contribution in [1.29, 1.82) is 0 Å². The second kappa shape index (κ2) is 31.6. The molecule has 103 heavy (non-hydrogen) atoms. The first-order valence-electron chi connectivity index (χ1n) is 32.3. The van der Waals surface area contributed by atoms with Crippen LogP contribution >= 0.6 is 23.4 Å². The van der Waals surface area contributed by atoms with Gasteiger partial charge in [0.2, 0.25) is 47.5 Å². The Morgan fingerprint density at radius 1 is 0.689 bits per heavy atom. The topological polar surface area (TPSA) is 508 Å². The molecule has 32 nitrogen and oxygen atoms in total. The third kappa shape index (κ3) is 16.1. The summed E-state index contributed by atoms with van der Waals surface area (Å²) < 4.78 is 38.1. The number of hydrogen-bond donors (Lipinski definition) is 19. The van der Waals surface area contributed by atoms with Gasteiger partial charge in [0, 0.05) is 35.2 Å². The van der Waals surface area contributed by atoms with E-state index in [0.29, 0.717) is 5.56 Å². The number of fused-ring (bicyclic) bond motifs is 15. The van der Waals surface area contributed by atoms with Crippen molar-refractivity contribution in [3.63, 3.8) is 0 Å². The molecule has 13 rings (SSSR count). The highest BCUT2D eigenvalue weighted by atomic mass is 35.5. The van der Waals surface area contributed by atoms with Gasteiger partial charge in [-0.25, -0.2) is 4.79 Å². The fourth-order valence-corrected chi connectivity index (χ4v) is 13.3. The number of aliphatic hydroxyl groups excluding tert-OH is 6. The quantitative estimate of drug-likeness (QED) is 0.0718. The minimum Gasteiger partial charge on any atom is -0.508 e. The maximum absolute atomic E-state index is 16.2. The minimum atomic E-state index is -2.24. The summed E-state index contributed by atoms with van der Waals surface area (Å²) in [6, 6.07) is 7.73. The maximum Gasteiger partial charge on any atom is 0.330 e. The van der Waals surface area contributed by atoms with Gasteiger partial charge in [-0.3, -0.25) is 28.8 Å². The first-order chi connectivity index (χ1) is 49.1. The largest absolute Gasteiger partial charge is 0.508 e. The standard InChI is InChI=1S/C69H75ClN8O24S/c1-27-55(84)39(71)25-48(97-27)101-60-31-9-15-44(38(70)20-31)99-46-22-32-21-45(61(46)102-69-59(88)58(87)57(86)47(26-79)100-69)98-35-12-6-29(7-13-35)56(85)53(77-63(90)41(72-2)18-28-4-10-33(80)11-5-28)66(93)73-40(16-17-103-3)62(89)74-51(32)65(92)75-50-30-8-14-42(82)36(19-30)49-37(23-34(81)24-43(49)83)52(68(95)96)76-67(94)54(60)78-64(50)91/h4-15,19-24,27,39-41,47-48,50-60,69,72,79-88H,16-18,25-26,71H2,1-3H3,(H,73,93)(H,74,89)(H,75,92)(H,76,94)(H,77,90)(H,78,91)(H,95,96). The number of aromatic hydroxyl groups is 4. The number of ether oxygens (including phenoxy) is 6. The molecule has 0 aromatic heterocycles. The number of nitrogens with two attached hydrogens (primary N) is 1. The Morgan fingerprint density at radius 2 is 1.36 bits per heavy atom. The summed E-state index contributed by atoms with van der Waals surface area (Å²) >= 11 is 8.47. The summed E-state index contributed by atoms with van der Waals surface area (Å²) in [6.07, 6.45) is -16.0. The number of carbonyl (C=O) groups is 7. The Morgan fingerprint density at radius 3 is 2.03 bits per heavy atom. The zero-order chi connectivity index (χ0) is 74.0. The van der Waals surface area contributed by atoms with Crippen molar-refractivity contribution in [2.24, 2.45) is 5.73 Å². The molecule has 6 amide bonds. The van der Waals surface area contributed by atoms with Gasteiger partial charge in [0.25, 0.3) is 0 Å². The molecule has 0 radical (unpaired) electrons. The van der Waals surface area contributed by atoms with Crippen LogP contribution in [0.3, 0.4) is 0 Å². The van der Waals surface area contributed by atoms with E-state index in [1.807, 2.05) is 0 Å². The van der Waals surface area contributed by atoms with E-state index in [1.54, 1.807) is 18.4 Å². The molecule has 7 aliphatic rings. The number of carboxylic acids is 1. The van der Waals surface area contributed by atoms with Crippen molar-refractivity contribution >= 4 is 64.8 Å². The molecule has 0 saturated carbocycles. The van der Waals surface area contributed by atoms with Crippen LogP contribution in [0.25, 0.3) is 11.1 Å². The Kier molecular flexibility index (Phi) is 22.9. The number of aliphatic hydroxyl groups is 6. The van der Waals surface area contributed by atoms with Crippen LogP contribution in [0, 0.1) is 0 Å². The van der Waals surface area contributed by atoms with E-state index in [1.165, 1.54) is 80.3 Å². The summed E-state index contributed by atoms with van der Waals surface area (Å²) in [5.74, 6) is -13.1. The Bertz CT molecular complexity index is 4190. The molecule has 6 aromatic rings. The third-order valence-electron chi connectivity index (χ3n) is 18.2. The highest BCUT2D eigenvalue weighted by Crippen LogP contribution is 2.49. The van der Waals surface area contributed by atoms with E-state index in [4.69, 9.17) is 45.8 Å². The van der Waals surface area contributed by atoms with Crippen molar-refractivity contribution in [2.45, 2.75) is 136 Å². The van der Waals surface area contributed by atoms with E-state index in [-0.39, 0.29) is 69.5 Å². The summed E-state index contributed by atoms with van der Waals surface area (Å²) in [5.41, 5.74) is 4.79. The predicted molar refractivity (Wildman–Crippen MR) is 361 cm³/mol. The molecule has 7 aliphatic heterocycles. The van der Waals surface area contributed by atoms with Crippen molar-refractivity contribution in [3.8, 4) is 62.9 Å². The Hall–Kier alpha value is -9.59. The van der Waals surface area contributed by atoms with Crippen molar-refractivity contribution in [1.82, 2.24) is 37.2 Å². The van der Waals surface area contributed by atoms with Gasteiger partial charge in [0.05, 0.1) is 29.9 Å². The summed E-state index contributed by atoms with van der Waals surface area (Å²) in [4.78, 5) is 106. The van der Waals surface area contributed by atoms with Gasteiger partial charge in [0.1, 0.15) is 101 Å². The summed E-state index contributed by atoms with van der Waals surface area (Å²) in [7, 11) is 1.48. The second-order valence-corrected chi connectivity index (χ2v) is 26.6. The first kappa shape index (κ1) is 74.6. The Balaban J connectivity index is 1.14. The van der Waals surface area contributed by atoms with Crippen molar-refractivity contribution in [3.05, 3.63) is 148 Å². The number of nitrogens with one attached hydrogen (secondary N) is 7. The van der Waals surface area contributed by atoms with Crippen LogP contribution in [0.4, 0.5) is 0 Å².